The molecule has 0 unspecified atom stereocenters. The Labute approximate surface area is 382 Å². The first-order chi connectivity index (χ1) is 29.4. The van der Waals surface area contributed by atoms with E-state index in [2.05, 4.69) is 81.0 Å². The van der Waals surface area contributed by atoms with Crippen LogP contribution in [0.3, 0.4) is 0 Å². The molecule has 0 aromatic rings. The molecule has 8 N–H and O–H groups in total. The van der Waals surface area contributed by atoms with Gasteiger partial charge >= 0.3 is 15.6 Å². The molecule has 0 aliphatic carbocycles. The number of nitrogens with one attached hydrogen (secondary N) is 4. The number of hydrogen-bond acceptors (Lipinski definition) is 7. The Morgan fingerprint density at radius 3 is 0.475 bits per heavy atom. The summed E-state index contributed by atoms with van der Waals surface area (Å²) in [5.41, 5.74) is 0. The second-order valence-electron chi connectivity index (χ2n) is 16.5. The average Bonchev–Trinajstić information content (AvgIpc) is 3.21. The van der Waals surface area contributed by atoms with Gasteiger partial charge in [-0.15, -0.1) is 0 Å². The topological polar surface area (TPSA) is 172 Å². The summed E-state index contributed by atoms with van der Waals surface area (Å²) in [6.07, 6.45) is 44.1. The zero-order valence-electron chi connectivity index (χ0n) is 42.2. The van der Waals surface area contributed by atoms with E-state index in [0.29, 0.717) is 0 Å². The highest BCUT2D eigenvalue weighted by Gasteiger charge is 2.28. The van der Waals surface area contributed by atoms with Crippen molar-refractivity contribution in [2.45, 2.75) is 261 Å². The second-order valence-corrected chi connectivity index (χ2v) is 19.2. The lowest BCUT2D eigenvalue weighted by Gasteiger charge is -2.03. The molecule has 61 heavy (non-hydrogen) atoms. The second kappa shape index (κ2) is 64.4. The van der Waals surface area contributed by atoms with Crippen molar-refractivity contribution in [1.82, 2.24) is 21.3 Å². The summed E-state index contributed by atoms with van der Waals surface area (Å²) in [6, 6.07) is 0. The highest BCUT2D eigenvalue weighted by Crippen LogP contribution is 2.53. The molecule has 13 heteroatoms. The third-order valence-corrected chi connectivity index (χ3v) is 11.6. The smallest absolute Gasteiger partial charge is 0.317 e. The summed E-state index contributed by atoms with van der Waals surface area (Å²) in [5.74, 6) is 0. The average molecular weight is 919 g/mol. The number of hydrogen-bond donors (Lipinski definition) is 8. The maximum atomic E-state index is 9.63. The zero-order valence-corrected chi connectivity index (χ0v) is 44.0. The maximum Gasteiger partial charge on any atom is 0.478 e. The Morgan fingerprint density at radius 1 is 0.262 bits per heavy atom. The van der Waals surface area contributed by atoms with Crippen molar-refractivity contribution < 1.29 is 33.0 Å². The largest absolute Gasteiger partial charge is 0.478 e. The van der Waals surface area contributed by atoms with Crippen LogP contribution in [0, 0.1) is 0 Å². The minimum absolute atomic E-state index is 1.23. The van der Waals surface area contributed by atoms with E-state index in [4.69, 9.17) is 19.6 Å². The van der Waals surface area contributed by atoms with Crippen LogP contribution >= 0.6 is 15.6 Å². The quantitative estimate of drug-likeness (QED) is 0.0216. The molecule has 0 bridgehead atoms. The summed E-state index contributed by atoms with van der Waals surface area (Å²) < 4.78 is 22.2. The fourth-order valence-electron chi connectivity index (χ4n) is 6.05. The monoisotopic (exact) mass is 919 g/mol. The van der Waals surface area contributed by atoms with Crippen LogP contribution in [-0.2, 0) is 13.4 Å². The molecule has 0 aliphatic heterocycles. The van der Waals surface area contributed by atoms with Crippen LogP contribution in [0.1, 0.15) is 261 Å². The predicted molar refractivity (Wildman–Crippen MR) is 270 cm³/mol. The van der Waals surface area contributed by atoms with E-state index in [9.17, 15) is 9.13 Å². The van der Waals surface area contributed by atoms with Crippen molar-refractivity contribution in [2.75, 3.05) is 52.4 Å². The Hall–Kier alpha value is 0.100. The summed E-state index contributed by atoms with van der Waals surface area (Å²) in [4.78, 5) is 31.0. The van der Waals surface area contributed by atoms with Crippen molar-refractivity contribution >= 4 is 15.6 Å². The highest BCUT2D eigenvalue weighted by atomic mass is 31.3. The van der Waals surface area contributed by atoms with Crippen LogP contribution in [0.25, 0.3) is 0 Å². The SMILES string of the molecule is CCCCCCNCCCCCC.CCCCCCNCCCCCC.CCCCCCNCCCCCC.CCCCCCNCCCCCC.O=P(O)(O)OP(=O)(O)O. The van der Waals surface area contributed by atoms with Gasteiger partial charge < -0.3 is 40.8 Å². The van der Waals surface area contributed by atoms with Crippen molar-refractivity contribution in [2.24, 2.45) is 0 Å². The normalized spacial score (nSPS) is 11.1. The minimum Gasteiger partial charge on any atom is -0.317 e. The molecule has 0 aromatic carbocycles. The van der Waals surface area contributed by atoms with Crippen molar-refractivity contribution in [3.05, 3.63) is 0 Å². The fourth-order valence-corrected chi connectivity index (χ4v) is 7.16. The molecular formula is C48H112N4O7P2. The number of rotatable bonds is 42. The van der Waals surface area contributed by atoms with Gasteiger partial charge in [-0.3, -0.25) is 0 Å². The molecule has 376 valence electrons. The molecule has 0 aliphatic rings. The lowest BCUT2D eigenvalue weighted by atomic mass is 10.2. The van der Waals surface area contributed by atoms with E-state index in [1.807, 2.05) is 0 Å². The van der Waals surface area contributed by atoms with Crippen LogP contribution in [0.2, 0.25) is 0 Å². The van der Waals surface area contributed by atoms with Gasteiger partial charge in [0, 0.05) is 0 Å². The standard InChI is InChI=1S/4C12H27N.H4O7P2/c4*1-3-5-7-9-11-13-12-10-8-6-4-2;1-8(2,3)7-9(4,5)6/h4*13H,3-12H2,1-2H3;(H2,1,2,3)(H2,4,5,6). The van der Waals surface area contributed by atoms with Crippen molar-refractivity contribution in [3.8, 4) is 0 Å². The van der Waals surface area contributed by atoms with Crippen LogP contribution in [0.5, 0.6) is 0 Å². The van der Waals surface area contributed by atoms with Crippen molar-refractivity contribution in [3.63, 3.8) is 0 Å². The molecule has 0 fully saturated rings. The molecule has 0 radical (unpaired) electrons. The minimum atomic E-state index is -5.05. The molecule has 0 atom stereocenters. The Morgan fingerprint density at radius 2 is 0.393 bits per heavy atom. The first-order valence-electron chi connectivity index (χ1n) is 26.0. The first-order valence-corrected chi connectivity index (χ1v) is 29.1. The molecule has 0 saturated carbocycles. The lowest BCUT2D eigenvalue weighted by Crippen LogP contribution is -2.16. The molecular weight excluding hydrogens is 806 g/mol. The molecule has 0 saturated heterocycles. The Balaban J connectivity index is -0.000000215. The number of unbranched alkanes of at least 4 members (excludes halogenated alkanes) is 24. The van der Waals surface area contributed by atoms with Gasteiger partial charge in [-0.2, -0.15) is 4.31 Å². The molecule has 0 rings (SSSR count). The molecule has 11 nitrogen and oxygen atoms in total. The summed E-state index contributed by atoms with van der Waals surface area (Å²) in [5, 5.41) is 14.0. The van der Waals surface area contributed by atoms with Crippen LogP contribution in [0.4, 0.5) is 0 Å². The molecule has 0 spiro atoms. The van der Waals surface area contributed by atoms with Gasteiger partial charge in [0.05, 0.1) is 0 Å². The summed E-state index contributed by atoms with van der Waals surface area (Å²) in [7, 11) is -10.1. The summed E-state index contributed by atoms with van der Waals surface area (Å²) >= 11 is 0. The predicted octanol–water partition coefficient (Wildman–Crippen LogP) is 14.1. The van der Waals surface area contributed by atoms with Gasteiger partial charge in [0.1, 0.15) is 0 Å². The van der Waals surface area contributed by atoms with Gasteiger partial charge in [0.25, 0.3) is 0 Å². The number of phosphoric acid groups is 2. The molecule has 0 heterocycles. The lowest BCUT2D eigenvalue weighted by molar-refractivity contribution is 0.225. The van der Waals surface area contributed by atoms with E-state index >= 15 is 0 Å². The third kappa shape index (κ3) is 95.5. The van der Waals surface area contributed by atoms with Gasteiger partial charge in [-0.25, -0.2) is 9.13 Å². The Bertz CT molecular complexity index is 675. The van der Waals surface area contributed by atoms with E-state index in [1.165, 1.54) is 258 Å². The van der Waals surface area contributed by atoms with Gasteiger partial charge in [-0.1, -0.05) is 209 Å². The summed E-state index contributed by atoms with van der Waals surface area (Å²) in [6.45, 7) is 27.9. The van der Waals surface area contributed by atoms with Crippen LogP contribution in [-0.4, -0.2) is 71.9 Å². The molecule has 0 amide bonds. The van der Waals surface area contributed by atoms with Crippen molar-refractivity contribution in [1.29, 1.82) is 0 Å². The van der Waals surface area contributed by atoms with E-state index in [-0.39, 0.29) is 0 Å². The van der Waals surface area contributed by atoms with Gasteiger partial charge in [-0.05, 0) is 104 Å². The zero-order chi connectivity index (χ0) is 46.8. The van der Waals surface area contributed by atoms with Gasteiger partial charge in [0.15, 0.2) is 0 Å². The van der Waals surface area contributed by atoms with E-state index in [1.54, 1.807) is 0 Å². The molecule has 0 aromatic heterocycles. The third-order valence-electron chi connectivity index (χ3n) is 9.87. The fraction of sp³-hybridized carbons (Fsp3) is 1.00. The van der Waals surface area contributed by atoms with Crippen LogP contribution < -0.4 is 21.3 Å². The van der Waals surface area contributed by atoms with E-state index in [0.717, 1.165) is 0 Å². The maximum absolute atomic E-state index is 9.63. The van der Waals surface area contributed by atoms with Gasteiger partial charge in [0.2, 0.25) is 0 Å². The Kier molecular flexibility index (Phi) is 74.0. The highest BCUT2D eigenvalue weighted by molar-refractivity contribution is 7.60. The van der Waals surface area contributed by atoms with E-state index < -0.39 is 15.6 Å². The van der Waals surface area contributed by atoms with Crippen LogP contribution in [0.15, 0.2) is 0 Å². The first kappa shape index (κ1) is 70.1.